The molecule has 0 spiro atoms. The average Bonchev–Trinajstić information content (AvgIpc) is 2.87. The minimum atomic E-state index is -0.0981. The summed E-state index contributed by atoms with van der Waals surface area (Å²) in [6.07, 6.45) is 3.13. The molecule has 2 N–H and O–H groups in total. The first-order valence-corrected chi connectivity index (χ1v) is 11.1. The number of hydrogen-bond donors (Lipinski definition) is 2. The molecule has 2 fully saturated rings. The molecular weight excluding hydrogens is 404 g/mol. The molecule has 1 unspecified atom stereocenters. The lowest BCUT2D eigenvalue weighted by atomic mass is 10.0. The second-order valence-corrected chi connectivity index (χ2v) is 8.21. The number of benzene rings is 1. The zero-order valence-corrected chi connectivity index (χ0v) is 18.2. The van der Waals surface area contributed by atoms with Crippen LogP contribution in [0.4, 0.5) is 11.6 Å². The maximum absolute atomic E-state index is 12.6. The number of rotatable bonds is 4. The van der Waals surface area contributed by atoms with Crippen molar-refractivity contribution in [2.75, 3.05) is 55.6 Å². The third kappa shape index (κ3) is 4.21. The molecule has 9 nitrogen and oxygen atoms in total. The second-order valence-electron chi connectivity index (χ2n) is 8.21. The van der Waals surface area contributed by atoms with Gasteiger partial charge in [0, 0.05) is 76.9 Å². The molecule has 32 heavy (non-hydrogen) atoms. The summed E-state index contributed by atoms with van der Waals surface area (Å²) in [4.78, 5) is 30.2. The summed E-state index contributed by atoms with van der Waals surface area (Å²) in [6, 6.07) is 12.3. The Morgan fingerprint density at radius 3 is 2.50 bits per heavy atom. The highest BCUT2D eigenvalue weighted by Gasteiger charge is 2.24. The Balaban J connectivity index is 1.37. The van der Waals surface area contributed by atoms with Gasteiger partial charge in [0.15, 0.2) is 0 Å². The first-order chi connectivity index (χ1) is 15.7. The zero-order valence-electron chi connectivity index (χ0n) is 18.2. The van der Waals surface area contributed by atoms with Crippen LogP contribution in [0.3, 0.4) is 0 Å². The molecular formula is C23H28N8O. The van der Waals surface area contributed by atoms with E-state index in [1.54, 1.807) is 23.9 Å². The Bertz CT molecular complexity index is 1110. The summed E-state index contributed by atoms with van der Waals surface area (Å²) < 4.78 is 1.61. The molecule has 0 aliphatic carbocycles. The minimum Gasteiger partial charge on any atom is -0.369 e. The van der Waals surface area contributed by atoms with Crippen molar-refractivity contribution >= 4 is 11.6 Å². The van der Waals surface area contributed by atoms with Gasteiger partial charge in [-0.25, -0.2) is 15.0 Å². The van der Waals surface area contributed by atoms with Crippen molar-refractivity contribution in [2.24, 2.45) is 7.05 Å². The molecule has 2 aliphatic heterocycles. The first kappa shape index (κ1) is 20.6. The van der Waals surface area contributed by atoms with Gasteiger partial charge < -0.3 is 20.4 Å². The second kappa shape index (κ2) is 9.05. The fraction of sp³-hybridized carbons (Fsp3) is 0.391. The largest absolute Gasteiger partial charge is 0.369 e. The van der Waals surface area contributed by atoms with Crippen molar-refractivity contribution in [1.29, 1.82) is 0 Å². The number of hydrogen-bond acceptors (Lipinski definition) is 8. The lowest BCUT2D eigenvalue weighted by Crippen LogP contribution is -2.47. The number of nitrogens with one attached hydrogen (secondary N) is 2. The van der Waals surface area contributed by atoms with Crippen LogP contribution in [0.15, 0.2) is 53.7 Å². The van der Waals surface area contributed by atoms with E-state index in [0.29, 0.717) is 17.3 Å². The highest BCUT2D eigenvalue weighted by molar-refractivity contribution is 5.55. The zero-order chi connectivity index (χ0) is 21.9. The number of anilines is 2. The number of aromatic nitrogens is 4. The van der Waals surface area contributed by atoms with Gasteiger partial charge in [0.25, 0.3) is 5.56 Å². The average molecular weight is 433 g/mol. The van der Waals surface area contributed by atoms with Crippen LogP contribution in [0, 0.1) is 0 Å². The van der Waals surface area contributed by atoms with E-state index in [2.05, 4.69) is 54.7 Å². The van der Waals surface area contributed by atoms with Crippen molar-refractivity contribution < 1.29 is 0 Å². The van der Waals surface area contributed by atoms with Crippen LogP contribution in [0.5, 0.6) is 0 Å². The monoisotopic (exact) mass is 432 g/mol. The van der Waals surface area contributed by atoms with Gasteiger partial charge in [-0.15, -0.1) is 0 Å². The molecule has 0 saturated carbocycles. The Kier molecular flexibility index (Phi) is 5.83. The van der Waals surface area contributed by atoms with Crippen LogP contribution in [-0.4, -0.2) is 65.3 Å². The maximum atomic E-state index is 12.6. The van der Waals surface area contributed by atoms with Crippen molar-refractivity contribution in [1.82, 2.24) is 30.2 Å². The molecule has 1 aromatic carbocycles. The molecule has 2 aliphatic rings. The van der Waals surface area contributed by atoms with Crippen molar-refractivity contribution in [2.45, 2.75) is 6.04 Å². The predicted molar refractivity (Wildman–Crippen MR) is 125 cm³/mol. The van der Waals surface area contributed by atoms with Gasteiger partial charge in [-0.3, -0.25) is 9.36 Å². The summed E-state index contributed by atoms with van der Waals surface area (Å²) in [6.45, 7) is 6.47. The molecule has 0 radical (unpaired) electrons. The summed E-state index contributed by atoms with van der Waals surface area (Å²) in [5, 5.41) is 7.01. The predicted octanol–water partition coefficient (Wildman–Crippen LogP) is 0.798. The Labute approximate surface area is 187 Å². The van der Waals surface area contributed by atoms with E-state index in [4.69, 9.17) is 4.98 Å². The smallest absolute Gasteiger partial charge is 0.255 e. The van der Waals surface area contributed by atoms with Crippen LogP contribution in [0.1, 0.15) is 11.6 Å². The van der Waals surface area contributed by atoms with Crippen molar-refractivity contribution in [3.63, 3.8) is 0 Å². The van der Waals surface area contributed by atoms with Crippen LogP contribution >= 0.6 is 0 Å². The molecule has 3 aromatic rings. The maximum Gasteiger partial charge on any atom is 0.255 e. The number of piperazine rings is 2. The topological polar surface area (TPSA) is 91.2 Å². The van der Waals surface area contributed by atoms with Crippen molar-refractivity contribution in [3.8, 4) is 11.4 Å². The van der Waals surface area contributed by atoms with Gasteiger partial charge in [0.1, 0.15) is 6.33 Å². The van der Waals surface area contributed by atoms with E-state index in [-0.39, 0.29) is 11.6 Å². The molecule has 1 atom stereocenters. The van der Waals surface area contributed by atoms with Crippen LogP contribution < -0.4 is 26.0 Å². The SMILES string of the molecule is Cn1c(N2CCNC(c3ccc(N4CCNCC4)cc3)C2)nc(-c2ccncn2)cc1=O. The molecule has 5 rings (SSSR count). The standard InChI is InChI=1S/C23H28N8O/c1-29-22(32)14-20(19-6-7-25-16-27-19)28-23(29)31-13-10-26-21(15-31)17-2-4-18(5-3-17)30-11-8-24-9-12-30/h2-7,14,16,21,24,26H,8-13,15H2,1H3. The van der Waals surface area contributed by atoms with Gasteiger partial charge in [0.2, 0.25) is 5.95 Å². The van der Waals surface area contributed by atoms with Gasteiger partial charge in [-0.1, -0.05) is 12.1 Å². The normalized spacial score (nSPS) is 19.2. The molecule has 9 heteroatoms. The van der Waals surface area contributed by atoms with Crippen LogP contribution in [0.2, 0.25) is 0 Å². The summed E-state index contributed by atoms with van der Waals surface area (Å²) >= 11 is 0. The summed E-state index contributed by atoms with van der Waals surface area (Å²) in [5.41, 5.74) is 3.63. The Morgan fingerprint density at radius 2 is 1.75 bits per heavy atom. The van der Waals surface area contributed by atoms with E-state index in [0.717, 1.165) is 45.8 Å². The van der Waals surface area contributed by atoms with E-state index < -0.39 is 0 Å². The first-order valence-electron chi connectivity index (χ1n) is 11.1. The van der Waals surface area contributed by atoms with Gasteiger partial charge >= 0.3 is 0 Å². The quantitative estimate of drug-likeness (QED) is 0.626. The third-order valence-corrected chi connectivity index (χ3v) is 6.19. The van der Waals surface area contributed by atoms with E-state index in [1.165, 1.54) is 23.6 Å². The molecule has 0 amide bonds. The molecule has 0 bridgehead atoms. The van der Waals surface area contributed by atoms with Gasteiger partial charge in [0.05, 0.1) is 11.4 Å². The fourth-order valence-electron chi connectivity index (χ4n) is 4.38. The van der Waals surface area contributed by atoms with Crippen LogP contribution in [0.25, 0.3) is 11.4 Å². The highest BCUT2D eigenvalue weighted by atomic mass is 16.1. The summed E-state index contributed by atoms with van der Waals surface area (Å²) in [7, 11) is 1.77. The Morgan fingerprint density at radius 1 is 0.969 bits per heavy atom. The van der Waals surface area contributed by atoms with E-state index in [9.17, 15) is 4.79 Å². The van der Waals surface area contributed by atoms with E-state index >= 15 is 0 Å². The van der Waals surface area contributed by atoms with Crippen molar-refractivity contribution in [3.05, 3.63) is 64.8 Å². The van der Waals surface area contributed by atoms with Crippen LogP contribution in [-0.2, 0) is 7.05 Å². The number of nitrogens with zero attached hydrogens (tertiary/aromatic N) is 6. The lowest BCUT2D eigenvalue weighted by molar-refractivity contribution is 0.462. The fourth-order valence-corrected chi connectivity index (χ4v) is 4.38. The third-order valence-electron chi connectivity index (χ3n) is 6.19. The highest BCUT2D eigenvalue weighted by Crippen LogP contribution is 2.24. The molecule has 2 saturated heterocycles. The van der Waals surface area contributed by atoms with Gasteiger partial charge in [-0.2, -0.15) is 0 Å². The molecule has 4 heterocycles. The minimum absolute atomic E-state index is 0.0981. The summed E-state index contributed by atoms with van der Waals surface area (Å²) in [5.74, 6) is 0.662. The molecule has 2 aromatic heterocycles. The van der Waals surface area contributed by atoms with E-state index in [1.807, 2.05) is 0 Å². The molecule has 166 valence electrons. The van der Waals surface area contributed by atoms with Gasteiger partial charge in [-0.05, 0) is 23.8 Å². The lowest BCUT2D eigenvalue weighted by Gasteiger charge is -2.35. The Hall–Kier alpha value is -3.30.